The molecule has 3 N–H and O–H groups in total. The van der Waals surface area contributed by atoms with E-state index in [-0.39, 0.29) is 5.91 Å². The van der Waals surface area contributed by atoms with Gasteiger partial charge in [-0.1, -0.05) is 25.5 Å². The van der Waals surface area contributed by atoms with Gasteiger partial charge in [-0.25, -0.2) is 4.98 Å². The molecule has 118 valence electrons. The molecule has 0 bridgehead atoms. The number of carbonyl (C=O) groups excluding carboxylic acids is 1. The second-order valence-electron chi connectivity index (χ2n) is 5.36. The number of rotatable bonds is 6. The number of nitrogens with two attached hydrogens (primary N) is 1. The van der Waals surface area contributed by atoms with Crippen LogP contribution >= 0.6 is 11.3 Å². The molecule has 22 heavy (non-hydrogen) atoms. The number of hydrogen-bond donors (Lipinski definition) is 2. The Balaban J connectivity index is 2.17. The van der Waals surface area contributed by atoms with Gasteiger partial charge in [0.2, 0.25) is 5.91 Å². The minimum atomic E-state index is -0.884. The summed E-state index contributed by atoms with van der Waals surface area (Å²) in [6.07, 6.45) is 1.48. The topological polar surface area (TPSA) is 77.2 Å². The molecule has 0 saturated carbocycles. The minimum Gasteiger partial charge on any atom is -0.496 e. The summed E-state index contributed by atoms with van der Waals surface area (Å²) in [5.41, 5.74) is 6.81. The quantitative estimate of drug-likeness (QED) is 0.856. The largest absolute Gasteiger partial charge is 0.496 e. The Bertz CT molecular complexity index is 652. The van der Waals surface area contributed by atoms with E-state index in [1.165, 1.54) is 11.3 Å². The molecule has 1 amide bonds. The lowest BCUT2D eigenvalue weighted by Crippen LogP contribution is -2.48. The fraction of sp³-hybridized carbons (Fsp3) is 0.375. The van der Waals surface area contributed by atoms with E-state index in [2.05, 4.69) is 10.3 Å². The van der Waals surface area contributed by atoms with Gasteiger partial charge >= 0.3 is 0 Å². The predicted octanol–water partition coefficient (Wildman–Crippen LogP) is 3.27. The van der Waals surface area contributed by atoms with Crippen LogP contribution in [0.5, 0.6) is 5.75 Å². The van der Waals surface area contributed by atoms with Gasteiger partial charge in [-0.15, -0.1) is 11.3 Å². The number of methoxy groups -OCH3 is 1. The second-order valence-corrected chi connectivity index (χ2v) is 6.22. The number of para-hydroxylation sites is 1. The summed E-state index contributed by atoms with van der Waals surface area (Å²) in [5, 5.41) is 5.23. The fourth-order valence-electron chi connectivity index (χ4n) is 2.18. The van der Waals surface area contributed by atoms with Crippen LogP contribution in [-0.4, -0.2) is 23.5 Å². The van der Waals surface area contributed by atoms with E-state index in [1.54, 1.807) is 14.0 Å². The molecule has 1 heterocycles. The zero-order valence-electron chi connectivity index (χ0n) is 13.1. The van der Waals surface area contributed by atoms with E-state index in [0.717, 1.165) is 23.4 Å². The van der Waals surface area contributed by atoms with Crippen molar-refractivity contribution in [2.75, 3.05) is 12.4 Å². The van der Waals surface area contributed by atoms with Crippen LogP contribution in [-0.2, 0) is 4.79 Å². The van der Waals surface area contributed by atoms with Crippen LogP contribution in [0.15, 0.2) is 29.6 Å². The van der Waals surface area contributed by atoms with Crippen molar-refractivity contribution in [1.29, 1.82) is 0 Å². The first kappa shape index (κ1) is 16.5. The van der Waals surface area contributed by atoms with Gasteiger partial charge in [0.15, 0.2) is 5.13 Å². The molecule has 1 unspecified atom stereocenters. The normalized spacial score (nSPS) is 13.5. The number of amides is 1. The molecule has 0 spiro atoms. The van der Waals surface area contributed by atoms with Crippen molar-refractivity contribution in [3.8, 4) is 17.0 Å². The van der Waals surface area contributed by atoms with Crippen LogP contribution in [0.3, 0.4) is 0 Å². The number of ether oxygens (including phenoxy) is 1. The highest BCUT2D eigenvalue weighted by atomic mass is 32.1. The third-order valence-corrected chi connectivity index (χ3v) is 4.15. The maximum Gasteiger partial charge on any atom is 0.245 e. The molecule has 2 rings (SSSR count). The summed E-state index contributed by atoms with van der Waals surface area (Å²) in [6, 6.07) is 7.64. The minimum absolute atomic E-state index is 0.213. The van der Waals surface area contributed by atoms with Gasteiger partial charge in [-0.05, 0) is 25.5 Å². The first-order valence-electron chi connectivity index (χ1n) is 7.17. The van der Waals surface area contributed by atoms with Crippen LogP contribution in [0, 0.1) is 0 Å². The summed E-state index contributed by atoms with van der Waals surface area (Å²) in [7, 11) is 1.62. The standard InChI is InChI=1S/C16H21N3O2S/c1-4-9-16(2,17)14(20)19-15-18-12(10-22-15)11-7-5-6-8-13(11)21-3/h5-8,10H,4,9,17H2,1-3H3,(H,18,19,20). The highest BCUT2D eigenvalue weighted by molar-refractivity contribution is 7.14. The van der Waals surface area contributed by atoms with E-state index in [4.69, 9.17) is 10.5 Å². The van der Waals surface area contributed by atoms with E-state index in [0.29, 0.717) is 11.6 Å². The number of benzene rings is 1. The first-order chi connectivity index (χ1) is 10.5. The molecule has 0 aliphatic heterocycles. The SMILES string of the molecule is CCCC(C)(N)C(=O)Nc1nc(-c2ccccc2OC)cs1. The first-order valence-corrected chi connectivity index (χ1v) is 8.05. The molecule has 0 saturated heterocycles. The summed E-state index contributed by atoms with van der Waals surface area (Å²) in [6.45, 7) is 3.74. The molecule has 0 radical (unpaired) electrons. The maximum absolute atomic E-state index is 12.2. The summed E-state index contributed by atoms with van der Waals surface area (Å²) in [4.78, 5) is 16.7. The highest BCUT2D eigenvalue weighted by Crippen LogP contribution is 2.32. The molecule has 1 atom stereocenters. The van der Waals surface area contributed by atoms with Crippen LogP contribution in [0.1, 0.15) is 26.7 Å². The number of nitrogens with zero attached hydrogens (tertiary/aromatic N) is 1. The fourth-order valence-corrected chi connectivity index (χ4v) is 2.89. The molecule has 6 heteroatoms. The lowest BCUT2D eigenvalue weighted by atomic mass is 9.97. The van der Waals surface area contributed by atoms with Crippen LogP contribution in [0.4, 0.5) is 5.13 Å². The van der Waals surface area contributed by atoms with Crippen molar-refractivity contribution >= 4 is 22.4 Å². The molecule has 0 aliphatic rings. The molecule has 2 aromatic rings. The lowest BCUT2D eigenvalue weighted by Gasteiger charge is -2.21. The number of anilines is 1. The number of thiazole rings is 1. The Kier molecular flexibility index (Phi) is 5.15. The molecular weight excluding hydrogens is 298 g/mol. The molecule has 0 fully saturated rings. The van der Waals surface area contributed by atoms with Crippen molar-refractivity contribution in [3.63, 3.8) is 0 Å². The summed E-state index contributed by atoms with van der Waals surface area (Å²) >= 11 is 1.37. The second kappa shape index (κ2) is 6.89. The Morgan fingerprint density at radius 2 is 2.18 bits per heavy atom. The van der Waals surface area contributed by atoms with Crippen molar-refractivity contribution in [2.45, 2.75) is 32.2 Å². The molecule has 0 aliphatic carbocycles. The van der Waals surface area contributed by atoms with Crippen molar-refractivity contribution < 1.29 is 9.53 Å². The number of hydrogen-bond acceptors (Lipinski definition) is 5. The monoisotopic (exact) mass is 319 g/mol. The highest BCUT2D eigenvalue weighted by Gasteiger charge is 2.27. The van der Waals surface area contributed by atoms with E-state index < -0.39 is 5.54 Å². The molecule has 1 aromatic heterocycles. The Labute approximate surface area is 134 Å². The van der Waals surface area contributed by atoms with Crippen molar-refractivity contribution in [2.24, 2.45) is 5.73 Å². The van der Waals surface area contributed by atoms with Crippen LogP contribution in [0.2, 0.25) is 0 Å². The zero-order valence-corrected chi connectivity index (χ0v) is 13.9. The lowest BCUT2D eigenvalue weighted by molar-refractivity contribution is -0.120. The number of nitrogens with one attached hydrogen (secondary N) is 1. The zero-order chi connectivity index (χ0) is 16.2. The summed E-state index contributed by atoms with van der Waals surface area (Å²) in [5.74, 6) is 0.538. The van der Waals surface area contributed by atoms with Gasteiger partial charge < -0.3 is 15.8 Å². The van der Waals surface area contributed by atoms with Gasteiger partial charge in [0.25, 0.3) is 0 Å². The molecule has 1 aromatic carbocycles. The third-order valence-electron chi connectivity index (χ3n) is 3.40. The van der Waals surface area contributed by atoms with Crippen molar-refractivity contribution in [1.82, 2.24) is 4.98 Å². The number of carbonyl (C=O) groups is 1. The van der Waals surface area contributed by atoms with E-state index in [9.17, 15) is 4.79 Å². The third kappa shape index (κ3) is 3.64. The van der Waals surface area contributed by atoms with Crippen LogP contribution < -0.4 is 15.8 Å². The predicted molar refractivity (Wildman–Crippen MR) is 90.2 cm³/mol. The van der Waals surface area contributed by atoms with E-state index in [1.807, 2.05) is 36.6 Å². The Morgan fingerprint density at radius 1 is 1.45 bits per heavy atom. The van der Waals surface area contributed by atoms with Gasteiger partial charge in [-0.3, -0.25) is 4.79 Å². The van der Waals surface area contributed by atoms with Crippen LogP contribution in [0.25, 0.3) is 11.3 Å². The number of aromatic nitrogens is 1. The Morgan fingerprint density at radius 3 is 2.86 bits per heavy atom. The average molecular weight is 319 g/mol. The van der Waals surface area contributed by atoms with Gasteiger partial charge in [0, 0.05) is 10.9 Å². The van der Waals surface area contributed by atoms with Gasteiger partial charge in [0.1, 0.15) is 5.75 Å². The molecule has 5 nitrogen and oxygen atoms in total. The maximum atomic E-state index is 12.2. The van der Waals surface area contributed by atoms with Gasteiger partial charge in [0.05, 0.1) is 18.3 Å². The Hall–Kier alpha value is -1.92. The van der Waals surface area contributed by atoms with Gasteiger partial charge in [-0.2, -0.15) is 0 Å². The van der Waals surface area contributed by atoms with Crippen molar-refractivity contribution in [3.05, 3.63) is 29.6 Å². The van der Waals surface area contributed by atoms with E-state index >= 15 is 0 Å². The average Bonchev–Trinajstić information content (AvgIpc) is 2.95. The molecular formula is C16H21N3O2S. The summed E-state index contributed by atoms with van der Waals surface area (Å²) < 4.78 is 5.33. The smallest absolute Gasteiger partial charge is 0.245 e.